The third-order valence-corrected chi connectivity index (χ3v) is 5.29. The molecule has 2 aromatic rings. The summed E-state index contributed by atoms with van der Waals surface area (Å²) < 4.78 is 27.0. The van der Waals surface area contributed by atoms with Crippen LogP contribution in [0.3, 0.4) is 0 Å². The van der Waals surface area contributed by atoms with Crippen LogP contribution >= 0.6 is 0 Å². The van der Waals surface area contributed by atoms with Gasteiger partial charge < -0.3 is 5.32 Å². The number of nitrogens with one attached hydrogen (secondary N) is 2. The molecule has 0 aliphatic rings. The molecule has 0 saturated heterocycles. The van der Waals surface area contributed by atoms with Crippen LogP contribution in [0.2, 0.25) is 0 Å². The fourth-order valence-electron chi connectivity index (χ4n) is 2.62. The van der Waals surface area contributed by atoms with Gasteiger partial charge in [-0.25, -0.2) is 13.1 Å². The predicted molar refractivity (Wildman–Crippen MR) is 99.1 cm³/mol. The first-order valence-electron chi connectivity index (χ1n) is 8.19. The van der Waals surface area contributed by atoms with Gasteiger partial charge in [0.2, 0.25) is 10.0 Å². The van der Waals surface area contributed by atoms with Crippen LogP contribution in [0.1, 0.15) is 36.1 Å². The van der Waals surface area contributed by atoms with Crippen LogP contribution < -0.4 is 10.0 Å². The number of rotatable bonds is 8. The van der Waals surface area contributed by atoms with Crippen molar-refractivity contribution in [3.63, 3.8) is 0 Å². The second-order valence-corrected chi connectivity index (χ2v) is 8.08. The highest BCUT2D eigenvalue weighted by Crippen LogP contribution is 2.13. The van der Waals surface area contributed by atoms with Crippen molar-refractivity contribution in [3.05, 3.63) is 70.8 Å². The Balaban J connectivity index is 2.02. The number of sulfonamides is 1. The first-order chi connectivity index (χ1) is 11.4. The molecule has 0 bridgehead atoms. The quantitative estimate of drug-likeness (QED) is 0.772. The summed E-state index contributed by atoms with van der Waals surface area (Å²) in [6, 6.07) is 15.8. The minimum absolute atomic E-state index is 0.00734. The van der Waals surface area contributed by atoms with Gasteiger partial charge in [0.25, 0.3) is 0 Å². The van der Waals surface area contributed by atoms with Crippen molar-refractivity contribution in [3.8, 4) is 0 Å². The smallest absolute Gasteiger partial charge is 0.216 e. The zero-order valence-electron chi connectivity index (χ0n) is 14.5. The predicted octanol–water partition coefficient (Wildman–Crippen LogP) is 3.11. The molecule has 0 radical (unpaired) electrons. The fourth-order valence-corrected chi connectivity index (χ4v) is 4.11. The van der Waals surface area contributed by atoms with E-state index in [1.165, 1.54) is 11.1 Å². The van der Waals surface area contributed by atoms with Crippen LogP contribution in [0.15, 0.2) is 48.5 Å². The van der Waals surface area contributed by atoms with Gasteiger partial charge in [0.1, 0.15) is 0 Å². The van der Waals surface area contributed by atoms with Gasteiger partial charge in [-0.05, 0) is 43.0 Å². The monoisotopic (exact) mass is 346 g/mol. The number of aryl methyl sites for hydroxylation is 1. The van der Waals surface area contributed by atoms with E-state index in [0.29, 0.717) is 6.54 Å². The summed E-state index contributed by atoms with van der Waals surface area (Å²) in [6.45, 7) is 7.15. The second kappa shape index (κ2) is 8.42. The Kier molecular flexibility index (Phi) is 6.54. The SMILES string of the molecule is Cc1ccccc1CNCc1ccccc1CS(=O)(=O)NC(C)C. The average molecular weight is 346 g/mol. The van der Waals surface area contributed by atoms with Crippen LogP contribution in [0, 0.1) is 6.92 Å². The molecule has 0 fully saturated rings. The van der Waals surface area contributed by atoms with E-state index in [-0.39, 0.29) is 11.8 Å². The van der Waals surface area contributed by atoms with Crippen molar-refractivity contribution in [1.82, 2.24) is 10.0 Å². The van der Waals surface area contributed by atoms with Crippen LogP contribution in [0.4, 0.5) is 0 Å². The molecule has 0 aromatic heterocycles. The molecule has 24 heavy (non-hydrogen) atoms. The highest BCUT2D eigenvalue weighted by atomic mass is 32.2. The molecule has 0 spiro atoms. The highest BCUT2D eigenvalue weighted by Gasteiger charge is 2.15. The molecule has 0 aliphatic heterocycles. The normalized spacial score (nSPS) is 11.8. The van der Waals surface area contributed by atoms with Crippen molar-refractivity contribution in [2.75, 3.05) is 0 Å². The third kappa shape index (κ3) is 5.74. The van der Waals surface area contributed by atoms with E-state index in [9.17, 15) is 8.42 Å². The maximum Gasteiger partial charge on any atom is 0.216 e. The lowest BCUT2D eigenvalue weighted by Crippen LogP contribution is -2.31. The number of hydrogen-bond donors (Lipinski definition) is 2. The largest absolute Gasteiger partial charge is 0.309 e. The summed E-state index contributed by atoms with van der Waals surface area (Å²) in [6.07, 6.45) is 0. The van der Waals surface area contributed by atoms with E-state index < -0.39 is 10.0 Å². The van der Waals surface area contributed by atoms with Gasteiger partial charge >= 0.3 is 0 Å². The number of hydrogen-bond acceptors (Lipinski definition) is 3. The molecule has 0 amide bonds. The van der Waals surface area contributed by atoms with Gasteiger partial charge in [-0.1, -0.05) is 48.5 Å². The summed E-state index contributed by atoms with van der Waals surface area (Å²) in [5.41, 5.74) is 4.36. The van der Waals surface area contributed by atoms with E-state index in [1.807, 2.05) is 50.2 Å². The Bertz CT molecular complexity index is 770. The van der Waals surface area contributed by atoms with Gasteiger partial charge in [-0.15, -0.1) is 0 Å². The van der Waals surface area contributed by atoms with Gasteiger partial charge in [0, 0.05) is 19.1 Å². The summed E-state index contributed by atoms with van der Waals surface area (Å²) in [5.74, 6) is 0.00734. The molecule has 0 heterocycles. The molecule has 2 aromatic carbocycles. The fraction of sp³-hybridized carbons (Fsp3) is 0.368. The Morgan fingerprint density at radius 1 is 0.875 bits per heavy atom. The van der Waals surface area contributed by atoms with Gasteiger partial charge in [-0.3, -0.25) is 0 Å². The highest BCUT2D eigenvalue weighted by molar-refractivity contribution is 7.88. The molecule has 2 rings (SSSR count). The Hall–Kier alpha value is -1.69. The van der Waals surface area contributed by atoms with Crippen molar-refractivity contribution in [1.29, 1.82) is 0 Å². The molecule has 130 valence electrons. The molecule has 5 heteroatoms. The van der Waals surface area contributed by atoms with Gasteiger partial charge in [-0.2, -0.15) is 0 Å². The Morgan fingerprint density at radius 2 is 1.42 bits per heavy atom. The molecular formula is C19H26N2O2S. The molecule has 4 nitrogen and oxygen atoms in total. The lowest BCUT2D eigenvalue weighted by molar-refractivity contribution is 0.568. The van der Waals surface area contributed by atoms with Crippen molar-refractivity contribution in [2.45, 2.75) is 45.7 Å². The van der Waals surface area contributed by atoms with E-state index >= 15 is 0 Å². The van der Waals surface area contributed by atoms with Crippen LogP contribution in [0.5, 0.6) is 0 Å². The topological polar surface area (TPSA) is 58.2 Å². The summed E-state index contributed by atoms with van der Waals surface area (Å²) >= 11 is 0. The first-order valence-corrected chi connectivity index (χ1v) is 9.84. The molecule has 2 N–H and O–H groups in total. The molecule has 0 aliphatic carbocycles. The maximum atomic E-state index is 12.2. The van der Waals surface area contributed by atoms with Crippen LogP contribution in [-0.2, 0) is 28.9 Å². The van der Waals surface area contributed by atoms with Crippen molar-refractivity contribution in [2.24, 2.45) is 0 Å². The summed E-state index contributed by atoms with van der Waals surface area (Å²) in [7, 11) is -3.32. The Labute approximate surface area is 145 Å². The van der Waals surface area contributed by atoms with E-state index in [0.717, 1.165) is 17.7 Å². The maximum absolute atomic E-state index is 12.2. The number of benzene rings is 2. The van der Waals surface area contributed by atoms with E-state index in [2.05, 4.69) is 29.1 Å². The average Bonchev–Trinajstić information content (AvgIpc) is 2.49. The minimum atomic E-state index is -3.32. The summed E-state index contributed by atoms with van der Waals surface area (Å²) in [5, 5.41) is 3.41. The Morgan fingerprint density at radius 3 is 2.04 bits per heavy atom. The zero-order valence-corrected chi connectivity index (χ0v) is 15.4. The first kappa shape index (κ1) is 18.6. The van der Waals surface area contributed by atoms with E-state index in [4.69, 9.17) is 0 Å². The standard InChI is InChI=1S/C19H26N2O2S/c1-15(2)21-24(22,23)14-19-11-7-6-10-18(19)13-20-12-17-9-5-4-8-16(17)3/h4-11,15,20-21H,12-14H2,1-3H3. The lowest BCUT2D eigenvalue weighted by atomic mass is 10.1. The zero-order chi connectivity index (χ0) is 17.6. The third-order valence-electron chi connectivity index (χ3n) is 3.77. The molecule has 0 unspecified atom stereocenters. The molecule has 0 atom stereocenters. The van der Waals surface area contributed by atoms with E-state index in [1.54, 1.807) is 0 Å². The van der Waals surface area contributed by atoms with Crippen LogP contribution in [0.25, 0.3) is 0 Å². The van der Waals surface area contributed by atoms with Crippen molar-refractivity contribution >= 4 is 10.0 Å². The van der Waals surface area contributed by atoms with Gasteiger partial charge in [0.05, 0.1) is 5.75 Å². The molecule has 0 saturated carbocycles. The lowest BCUT2D eigenvalue weighted by Gasteiger charge is -2.14. The summed E-state index contributed by atoms with van der Waals surface area (Å²) in [4.78, 5) is 0. The minimum Gasteiger partial charge on any atom is -0.309 e. The van der Waals surface area contributed by atoms with Gasteiger partial charge in [0.15, 0.2) is 0 Å². The van der Waals surface area contributed by atoms with Crippen LogP contribution in [-0.4, -0.2) is 14.5 Å². The van der Waals surface area contributed by atoms with Crippen molar-refractivity contribution < 1.29 is 8.42 Å². The molecular weight excluding hydrogens is 320 g/mol. The second-order valence-electron chi connectivity index (χ2n) is 6.33.